The lowest BCUT2D eigenvalue weighted by atomic mass is 10.1. The normalized spacial score (nSPS) is 17.1. The molecule has 17 heavy (non-hydrogen) atoms. The van der Waals surface area contributed by atoms with Crippen molar-refractivity contribution < 1.29 is 9.13 Å². The summed E-state index contributed by atoms with van der Waals surface area (Å²) in [6.07, 6.45) is 3.90. The number of ether oxygens (including phenoxy) is 1. The van der Waals surface area contributed by atoms with E-state index >= 15 is 0 Å². The Morgan fingerprint density at radius 1 is 1.35 bits per heavy atom. The zero-order valence-corrected chi connectivity index (χ0v) is 10.3. The molecule has 1 atom stereocenters. The van der Waals surface area contributed by atoms with Crippen molar-refractivity contribution in [2.45, 2.75) is 25.4 Å². The molecular formula is C14H20FNO. The summed E-state index contributed by atoms with van der Waals surface area (Å²) < 4.78 is 18.7. The maximum Gasteiger partial charge on any atom is 0.123 e. The van der Waals surface area contributed by atoms with Crippen LogP contribution in [-0.4, -0.2) is 20.2 Å². The van der Waals surface area contributed by atoms with Gasteiger partial charge in [-0.3, -0.25) is 0 Å². The molecular weight excluding hydrogens is 217 g/mol. The van der Waals surface area contributed by atoms with E-state index in [0.717, 1.165) is 31.1 Å². The van der Waals surface area contributed by atoms with Crippen LogP contribution in [0.25, 0.3) is 0 Å². The highest BCUT2D eigenvalue weighted by molar-refractivity contribution is 5.19. The summed E-state index contributed by atoms with van der Waals surface area (Å²) in [6, 6.07) is 6.58. The quantitative estimate of drug-likeness (QED) is 0.787. The number of rotatable bonds is 7. The minimum Gasteiger partial charge on any atom is -0.372 e. The maximum absolute atomic E-state index is 12.8. The van der Waals surface area contributed by atoms with E-state index in [2.05, 4.69) is 5.32 Å². The average molecular weight is 237 g/mol. The Morgan fingerprint density at radius 3 is 2.65 bits per heavy atom. The molecule has 1 unspecified atom stereocenters. The van der Waals surface area contributed by atoms with Crippen molar-refractivity contribution in [3.05, 3.63) is 35.6 Å². The first kappa shape index (κ1) is 12.5. The van der Waals surface area contributed by atoms with Crippen molar-refractivity contribution in [1.29, 1.82) is 0 Å². The number of likely N-dealkylation sites (N-methyl/N-ethyl adjacent to an activating group) is 1. The van der Waals surface area contributed by atoms with Gasteiger partial charge in [-0.05, 0) is 37.1 Å². The van der Waals surface area contributed by atoms with Crippen LogP contribution in [0.2, 0.25) is 0 Å². The minimum absolute atomic E-state index is 0.0272. The van der Waals surface area contributed by atoms with E-state index in [1.54, 1.807) is 12.1 Å². The fraction of sp³-hybridized carbons (Fsp3) is 0.571. The van der Waals surface area contributed by atoms with Crippen molar-refractivity contribution in [1.82, 2.24) is 5.32 Å². The Morgan fingerprint density at radius 2 is 2.06 bits per heavy atom. The summed E-state index contributed by atoms with van der Waals surface area (Å²) in [5, 5.41) is 3.12. The van der Waals surface area contributed by atoms with E-state index in [0.29, 0.717) is 0 Å². The van der Waals surface area contributed by atoms with E-state index in [4.69, 9.17) is 4.74 Å². The minimum atomic E-state index is -0.199. The number of hydrogen-bond donors (Lipinski definition) is 1. The van der Waals surface area contributed by atoms with Crippen LogP contribution in [0.5, 0.6) is 0 Å². The molecule has 1 aliphatic carbocycles. The summed E-state index contributed by atoms with van der Waals surface area (Å²) in [6.45, 7) is 1.56. The molecule has 0 bridgehead atoms. The van der Waals surface area contributed by atoms with Crippen LogP contribution in [0, 0.1) is 11.7 Å². The summed E-state index contributed by atoms with van der Waals surface area (Å²) in [5.41, 5.74) is 1.04. The van der Waals surface area contributed by atoms with E-state index in [1.807, 2.05) is 7.05 Å². The highest BCUT2D eigenvalue weighted by atomic mass is 19.1. The fourth-order valence-electron chi connectivity index (χ4n) is 1.92. The molecule has 0 saturated heterocycles. The Labute approximate surface area is 102 Å². The predicted molar refractivity (Wildman–Crippen MR) is 66.4 cm³/mol. The third kappa shape index (κ3) is 4.10. The molecule has 0 spiro atoms. The van der Waals surface area contributed by atoms with Gasteiger partial charge in [0.15, 0.2) is 0 Å². The zero-order valence-electron chi connectivity index (χ0n) is 10.3. The van der Waals surface area contributed by atoms with Crippen molar-refractivity contribution in [3.63, 3.8) is 0 Å². The lowest BCUT2D eigenvalue weighted by Crippen LogP contribution is -2.20. The van der Waals surface area contributed by atoms with Crippen molar-refractivity contribution in [2.24, 2.45) is 5.92 Å². The molecule has 1 aromatic rings. The molecule has 0 radical (unpaired) electrons. The average Bonchev–Trinajstić information content (AvgIpc) is 3.13. The molecule has 1 aliphatic rings. The topological polar surface area (TPSA) is 21.3 Å². The smallest absolute Gasteiger partial charge is 0.123 e. The van der Waals surface area contributed by atoms with E-state index < -0.39 is 0 Å². The maximum atomic E-state index is 12.8. The van der Waals surface area contributed by atoms with Crippen molar-refractivity contribution in [3.8, 4) is 0 Å². The van der Waals surface area contributed by atoms with Crippen molar-refractivity contribution in [2.75, 3.05) is 20.2 Å². The van der Waals surface area contributed by atoms with Crippen LogP contribution in [0.3, 0.4) is 0 Å². The molecule has 0 aromatic heterocycles. The van der Waals surface area contributed by atoms with Crippen molar-refractivity contribution >= 4 is 0 Å². The molecule has 1 saturated carbocycles. The molecule has 2 nitrogen and oxygen atoms in total. The lowest BCUT2D eigenvalue weighted by molar-refractivity contribution is 0.0498. The van der Waals surface area contributed by atoms with E-state index in [9.17, 15) is 4.39 Å². The standard InChI is InChI=1S/C14H20FNO/c1-16-10-14(17-9-8-11-2-3-11)12-4-6-13(15)7-5-12/h4-7,11,14,16H,2-3,8-10H2,1H3. The molecule has 1 N–H and O–H groups in total. The molecule has 94 valence electrons. The lowest BCUT2D eigenvalue weighted by Gasteiger charge is -2.18. The SMILES string of the molecule is CNCC(OCCC1CC1)c1ccc(F)cc1. The second-order valence-electron chi connectivity index (χ2n) is 4.70. The van der Waals surface area contributed by atoms with Crippen LogP contribution in [-0.2, 0) is 4.74 Å². The molecule has 0 amide bonds. The molecule has 0 aliphatic heterocycles. The second kappa shape index (κ2) is 6.12. The largest absolute Gasteiger partial charge is 0.372 e. The third-order valence-electron chi connectivity index (χ3n) is 3.17. The molecule has 3 heteroatoms. The number of nitrogens with one attached hydrogen (secondary N) is 1. The zero-order chi connectivity index (χ0) is 12.1. The van der Waals surface area contributed by atoms with Crippen LogP contribution in [0.1, 0.15) is 30.9 Å². The summed E-state index contributed by atoms with van der Waals surface area (Å²) >= 11 is 0. The molecule has 2 rings (SSSR count). The summed E-state index contributed by atoms with van der Waals surface area (Å²) in [7, 11) is 1.90. The summed E-state index contributed by atoms with van der Waals surface area (Å²) in [4.78, 5) is 0. The van der Waals surface area contributed by atoms with Crippen LogP contribution in [0.4, 0.5) is 4.39 Å². The van der Waals surface area contributed by atoms with Gasteiger partial charge in [0, 0.05) is 13.2 Å². The fourth-order valence-corrected chi connectivity index (χ4v) is 1.92. The monoisotopic (exact) mass is 237 g/mol. The highest BCUT2D eigenvalue weighted by Crippen LogP contribution is 2.32. The van der Waals surface area contributed by atoms with Crippen LogP contribution < -0.4 is 5.32 Å². The number of halogens is 1. The van der Waals surface area contributed by atoms with Gasteiger partial charge in [-0.2, -0.15) is 0 Å². The first-order valence-corrected chi connectivity index (χ1v) is 6.31. The Bertz CT molecular complexity index is 335. The van der Waals surface area contributed by atoms with Gasteiger partial charge in [0.1, 0.15) is 5.82 Å². The van der Waals surface area contributed by atoms with Crippen LogP contribution in [0.15, 0.2) is 24.3 Å². The van der Waals surface area contributed by atoms with Gasteiger partial charge in [-0.15, -0.1) is 0 Å². The third-order valence-corrected chi connectivity index (χ3v) is 3.17. The van der Waals surface area contributed by atoms with Gasteiger partial charge in [0.2, 0.25) is 0 Å². The van der Waals surface area contributed by atoms with Gasteiger partial charge in [-0.1, -0.05) is 25.0 Å². The first-order chi connectivity index (χ1) is 8.29. The van der Waals surface area contributed by atoms with Gasteiger partial charge >= 0.3 is 0 Å². The van der Waals surface area contributed by atoms with Gasteiger partial charge in [-0.25, -0.2) is 4.39 Å². The molecule has 1 fully saturated rings. The second-order valence-corrected chi connectivity index (χ2v) is 4.70. The van der Waals surface area contributed by atoms with Gasteiger partial charge in [0.25, 0.3) is 0 Å². The molecule has 1 aromatic carbocycles. The van der Waals surface area contributed by atoms with Gasteiger partial charge in [0.05, 0.1) is 6.10 Å². The predicted octanol–water partition coefficient (Wildman–Crippen LogP) is 2.90. The van der Waals surface area contributed by atoms with E-state index in [1.165, 1.54) is 25.0 Å². The Hall–Kier alpha value is -0.930. The van der Waals surface area contributed by atoms with Crippen LogP contribution >= 0.6 is 0 Å². The highest BCUT2D eigenvalue weighted by Gasteiger charge is 2.21. The number of benzene rings is 1. The van der Waals surface area contributed by atoms with E-state index in [-0.39, 0.29) is 11.9 Å². The summed E-state index contributed by atoms with van der Waals surface area (Å²) in [5.74, 6) is 0.688. The Kier molecular flexibility index (Phi) is 4.51. The molecule has 0 heterocycles. The Balaban J connectivity index is 1.87. The van der Waals surface area contributed by atoms with Gasteiger partial charge < -0.3 is 10.1 Å². The first-order valence-electron chi connectivity index (χ1n) is 6.31. The number of hydrogen-bond acceptors (Lipinski definition) is 2.